The Kier molecular flexibility index (Phi) is 6.18. The smallest absolute Gasteiger partial charge is 0.405 e. The maximum absolute atomic E-state index is 13.7. The Morgan fingerprint density at radius 3 is 2.42 bits per heavy atom. The van der Waals surface area contributed by atoms with Gasteiger partial charge in [0.05, 0.1) is 25.0 Å². The summed E-state index contributed by atoms with van der Waals surface area (Å²) >= 11 is 1.33. The zero-order valence-corrected chi connectivity index (χ0v) is 19.7. The number of urea groups is 1. The highest BCUT2D eigenvalue weighted by Crippen LogP contribution is 2.37. The summed E-state index contributed by atoms with van der Waals surface area (Å²) in [7, 11) is 1.55. The number of fused-ring (bicyclic) bond motifs is 1. The van der Waals surface area contributed by atoms with Gasteiger partial charge in [0, 0.05) is 28.4 Å². The van der Waals surface area contributed by atoms with Crippen molar-refractivity contribution >= 4 is 40.7 Å². The van der Waals surface area contributed by atoms with E-state index in [1.807, 2.05) is 23.6 Å². The number of hydrogen-bond acceptors (Lipinski definition) is 7. The third kappa shape index (κ3) is 4.80. The number of hydrogen-bond donors (Lipinski definition) is 1. The molecule has 8 nitrogen and oxygen atoms in total. The van der Waals surface area contributed by atoms with Crippen LogP contribution in [0.15, 0.2) is 66.2 Å². The Balaban J connectivity index is 1.54. The average molecular weight is 513 g/mol. The van der Waals surface area contributed by atoms with E-state index in [0.29, 0.717) is 22.7 Å². The molecule has 0 radical (unpaired) electrons. The van der Waals surface area contributed by atoms with Crippen LogP contribution in [0.25, 0.3) is 11.3 Å². The summed E-state index contributed by atoms with van der Waals surface area (Å²) in [5, 5.41) is 4.05. The van der Waals surface area contributed by atoms with Gasteiger partial charge in [-0.3, -0.25) is 4.90 Å². The van der Waals surface area contributed by atoms with Crippen molar-refractivity contribution in [2.24, 2.45) is 0 Å². The molecule has 1 N–H and O–H groups in total. The fourth-order valence-corrected chi connectivity index (χ4v) is 4.29. The molecule has 3 heterocycles. The van der Waals surface area contributed by atoms with E-state index in [1.54, 1.807) is 48.4 Å². The summed E-state index contributed by atoms with van der Waals surface area (Å²) in [6, 6.07) is 15.6. The van der Waals surface area contributed by atoms with E-state index in [9.17, 15) is 18.0 Å². The maximum Gasteiger partial charge on any atom is 0.405 e. The number of benzene rings is 2. The molecule has 0 fully saturated rings. The van der Waals surface area contributed by atoms with Crippen molar-refractivity contribution in [3.8, 4) is 17.0 Å². The van der Waals surface area contributed by atoms with Crippen LogP contribution in [0.4, 0.5) is 41.1 Å². The zero-order chi connectivity index (χ0) is 25.3. The normalized spacial score (nSPS) is 13.5. The van der Waals surface area contributed by atoms with Gasteiger partial charge in [0.2, 0.25) is 5.95 Å². The van der Waals surface area contributed by atoms with Crippen molar-refractivity contribution < 1.29 is 22.7 Å². The van der Waals surface area contributed by atoms with E-state index < -0.39 is 18.8 Å². The molecule has 0 bridgehead atoms. The minimum absolute atomic E-state index is 0.146. The molecule has 5 rings (SSSR count). The van der Waals surface area contributed by atoms with Gasteiger partial charge in [-0.15, -0.1) is 0 Å². The summed E-state index contributed by atoms with van der Waals surface area (Å²) in [4.78, 5) is 25.0. The Morgan fingerprint density at radius 1 is 1.06 bits per heavy atom. The van der Waals surface area contributed by atoms with Gasteiger partial charge in [0.1, 0.15) is 12.3 Å². The standard InChI is InChI=1S/C24H19F3N6O2S/c1-35-19-8-6-17(7-9-19)32-13-16-12-28-22(29-14-24(25,26)27)30-21(16)33(23(32)34)18-4-2-15(3-5-18)20-10-11-36-31-20/h2-12H,13-14H2,1H3,(H,28,29,30). The van der Waals surface area contributed by atoms with E-state index in [2.05, 4.69) is 19.7 Å². The van der Waals surface area contributed by atoms with Crippen LogP contribution in [0, 0.1) is 0 Å². The number of carbonyl (C=O) groups is 1. The molecule has 184 valence electrons. The quantitative estimate of drug-likeness (QED) is 0.348. The van der Waals surface area contributed by atoms with Gasteiger partial charge < -0.3 is 10.1 Å². The Hall–Kier alpha value is -4.19. The summed E-state index contributed by atoms with van der Waals surface area (Å²) < 4.78 is 47.7. The van der Waals surface area contributed by atoms with E-state index in [-0.39, 0.29) is 18.3 Å². The molecule has 0 atom stereocenters. The molecule has 12 heteroatoms. The zero-order valence-electron chi connectivity index (χ0n) is 18.9. The molecule has 0 saturated heterocycles. The van der Waals surface area contributed by atoms with Crippen molar-refractivity contribution in [3.63, 3.8) is 0 Å². The first-order valence-electron chi connectivity index (χ1n) is 10.8. The third-order valence-electron chi connectivity index (χ3n) is 5.49. The van der Waals surface area contributed by atoms with Crippen LogP contribution in [-0.4, -0.2) is 40.2 Å². The number of halogens is 3. The highest BCUT2D eigenvalue weighted by molar-refractivity contribution is 7.03. The maximum atomic E-state index is 13.7. The number of nitrogens with zero attached hydrogens (tertiary/aromatic N) is 5. The molecule has 36 heavy (non-hydrogen) atoms. The lowest BCUT2D eigenvalue weighted by atomic mass is 10.1. The fourth-order valence-electron chi connectivity index (χ4n) is 3.76. The SMILES string of the molecule is COc1ccc(N2Cc3cnc(NCC(F)(F)F)nc3N(c3ccc(-c4ccsn4)cc3)C2=O)cc1. The van der Waals surface area contributed by atoms with Crippen LogP contribution in [0.2, 0.25) is 0 Å². The van der Waals surface area contributed by atoms with Crippen molar-refractivity contribution in [1.29, 1.82) is 0 Å². The number of alkyl halides is 3. The Bertz CT molecular complexity index is 1360. The number of nitrogens with one attached hydrogen (secondary N) is 1. The molecule has 0 saturated carbocycles. The Morgan fingerprint density at radius 2 is 1.78 bits per heavy atom. The monoisotopic (exact) mass is 512 g/mol. The number of amides is 2. The van der Waals surface area contributed by atoms with Crippen LogP contribution in [0.3, 0.4) is 0 Å². The first kappa shape index (κ1) is 23.5. The predicted molar refractivity (Wildman–Crippen MR) is 131 cm³/mol. The molecule has 0 spiro atoms. The van der Waals surface area contributed by atoms with Crippen LogP contribution in [-0.2, 0) is 6.54 Å². The second kappa shape index (κ2) is 9.46. The second-order valence-corrected chi connectivity index (χ2v) is 8.51. The lowest BCUT2D eigenvalue weighted by Crippen LogP contribution is -2.45. The predicted octanol–water partition coefficient (Wildman–Crippen LogP) is 5.86. The number of rotatable bonds is 6. The van der Waals surface area contributed by atoms with Gasteiger partial charge in [-0.25, -0.2) is 14.7 Å². The van der Waals surface area contributed by atoms with Crippen LogP contribution in [0.1, 0.15) is 5.56 Å². The summed E-state index contributed by atoms with van der Waals surface area (Å²) in [5.74, 6) is 0.633. The molecule has 0 unspecified atom stereocenters. The van der Waals surface area contributed by atoms with Crippen LogP contribution in [0.5, 0.6) is 5.75 Å². The fraction of sp³-hybridized carbons (Fsp3) is 0.167. The third-order valence-corrected chi connectivity index (χ3v) is 6.05. The largest absolute Gasteiger partial charge is 0.497 e. The van der Waals surface area contributed by atoms with E-state index in [0.717, 1.165) is 11.3 Å². The summed E-state index contributed by atoms with van der Waals surface area (Å²) in [6.07, 6.45) is -3.01. The van der Waals surface area contributed by atoms with Gasteiger partial charge in [0.25, 0.3) is 0 Å². The highest BCUT2D eigenvalue weighted by atomic mass is 32.1. The Labute approximate surface area is 208 Å². The van der Waals surface area contributed by atoms with E-state index in [1.165, 1.54) is 22.6 Å². The van der Waals surface area contributed by atoms with E-state index in [4.69, 9.17) is 4.74 Å². The van der Waals surface area contributed by atoms with Crippen LogP contribution >= 0.6 is 11.5 Å². The first-order valence-corrected chi connectivity index (χ1v) is 11.6. The molecule has 1 aliphatic rings. The average Bonchev–Trinajstić information content (AvgIpc) is 3.42. The minimum atomic E-state index is -4.44. The summed E-state index contributed by atoms with van der Waals surface area (Å²) in [6.45, 7) is -1.15. The molecule has 2 aromatic carbocycles. The van der Waals surface area contributed by atoms with Gasteiger partial charge in [-0.1, -0.05) is 12.1 Å². The molecule has 2 aromatic heterocycles. The minimum Gasteiger partial charge on any atom is -0.497 e. The number of aromatic nitrogens is 3. The summed E-state index contributed by atoms with van der Waals surface area (Å²) in [5.41, 5.74) is 3.37. The lowest BCUT2D eigenvalue weighted by Gasteiger charge is -2.36. The van der Waals surface area contributed by atoms with Crippen LogP contribution < -0.4 is 19.9 Å². The molecule has 1 aliphatic heterocycles. The number of anilines is 4. The van der Waals surface area contributed by atoms with Gasteiger partial charge in [-0.2, -0.15) is 22.5 Å². The molecule has 4 aromatic rings. The molecular weight excluding hydrogens is 493 g/mol. The van der Waals surface area contributed by atoms with Crippen molar-refractivity contribution in [1.82, 2.24) is 14.3 Å². The van der Waals surface area contributed by atoms with Gasteiger partial charge in [0.15, 0.2) is 5.82 Å². The molecule has 0 aliphatic carbocycles. The first-order chi connectivity index (χ1) is 17.3. The number of ether oxygens (including phenoxy) is 1. The van der Waals surface area contributed by atoms with Crippen molar-refractivity contribution in [2.45, 2.75) is 12.7 Å². The number of carbonyl (C=O) groups excluding carboxylic acids is 1. The number of methoxy groups -OCH3 is 1. The highest BCUT2D eigenvalue weighted by Gasteiger charge is 2.35. The topological polar surface area (TPSA) is 83.5 Å². The van der Waals surface area contributed by atoms with Gasteiger partial charge in [-0.05, 0) is 54.0 Å². The molecule has 2 amide bonds. The van der Waals surface area contributed by atoms with Gasteiger partial charge >= 0.3 is 12.2 Å². The molecular formula is C24H19F3N6O2S. The second-order valence-electron chi connectivity index (χ2n) is 7.84. The van der Waals surface area contributed by atoms with E-state index >= 15 is 0 Å². The van der Waals surface area contributed by atoms with Crippen molar-refractivity contribution in [2.75, 3.05) is 28.8 Å². The lowest BCUT2D eigenvalue weighted by molar-refractivity contribution is -0.115. The van der Waals surface area contributed by atoms with Crippen molar-refractivity contribution in [3.05, 3.63) is 71.7 Å².